The maximum absolute atomic E-state index is 13.2. The second-order valence-electron chi connectivity index (χ2n) is 5.44. The van der Waals surface area contributed by atoms with Crippen molar-refractivity contribution in [2.75, 3.05) is 13.2 Å². The molecule has 26 heavy (non-hydrogen) atoms. The SMILES string of the molecule is CCOP(=O)(OCC)C(NC(=O)/C=C/c1ccccc1)c1ccccc1. The van der Waals surface area contributed by atoms with Gasteiger partial charge in [-0.15, -0.1) is 0 Å². The number of hydrogen-bond donors (Lipinski definition) is 1. The van der Waals surface area contributed by atoms with Crippen LogP contribution in [0.5, 0.6) is 0 Å². The topological polar surface area (TPSA) is 64.6 Å². The summed E-state index contributed by atoms with van der Waals surface area (Å²) in [6.45, 7) is 3.92. The number of hydrogen-bond acceptors (Lipinski definition) is 4. The molecule has 138 valence electrons. The lowest BCUT2D eigenvalue weighted by atomic mass is 10.2. The maximum Gasteiger partial charge on any atom is 0.357 e. The molecule has 0 spiro atoms. The van der Waals surface area contributed by atoms with Crippen molar-refractivity contribution in [3.8, 4) is 0 Å². The Morgan fingerprint density at radius 1 is 1.00 bits per heavy atom. The molecule has 0 radical (unpaired) electrons. The Hall–Kier alpha value is -2.20. The van der Waals surface area contributed by atoms with E-state index in [2.05, 4.69) is 5.32 Å². The van der Waals surface area contributed by atoms with Gasteiger partial charge in [-0.1, -0.05) is 60.7 Å². The fraction of sp³-hybridized carbons (Fsp3) is 0.250. The van der Waals surface area contributed by atoms with Crippen molar-refractivity contribution >= 4 is 19.6 Å². The fourth-order valence-corrected chi connectivity index (χ4v) is 4.36. The number of benzene rings is 2. The van der Waals surface area contributed by atoms with Crippen molar-refractivity contribution < 1.29 is 18.4 Å². The maximum atomic E-state index is 13.2. The number of amides is 1. The van der Waals surface area contributed by atoms with Crippen LogP contribution in [0.3, 0.4) is 0 Å². The van der Waals surface area contributed by atoms with Gasteiger partial charge in [0.1, 0.15) is 0 Å². The second-order valence-corrected chi connectivity index (χ2v) is 7.55. The highest BCUT2D eigenvalue weighted by molar-refractivity contribution is 7.54. The van der Waals surface area contributed by atoms with E-state index in [9.17, 15) is 9.36 Å². The van der Waals surface area contributed by atoms with Crippen LogP contribution in [0.15, 0.2) is 66.7 Å². The van der Waals surface area contributed by atoms with Crippen LogP contribution in [-0.4, -0.2) is 19.1 Å². The molecule has 2 aromatic carbocycles. The first-order valence-electron chi connectivity index (χ1n) is 8.56. The zero-order chi connectivity index (χ0) is 18.8. The third-order valence-corrected chi connectivity index (χ3v) is 5.85. The molecule has 1 unspecified atom stereocenters. The van der Waals surface area contributed by atoms with E-state index in [0.29, 0.717) is 5.56 Å². The van der Waals surface area contributed by atoms with Crippen LogP contribution < -0.4 is 5.32 Å². The largest absolute Gasteiger partial charge is 0.357 e. The molecule has 0 aliphatic carbocycles. The van der Waals surface area contributed by atoms with Gasteiger partial charge in [-0.2, -0.15) is 0 Å². The number of carbonyl (C=O) groups excluding carboxylic acids is 1. The first kappa shape index (κ1) is 20.1. The van der Waals surface area contributed by atoms with Gasteiger partial charge in [0, 0.05) is 6.08 Å². The lowest BCUT2D eigenvalue weighted by Gasteiger charge is -2.27. The average Bonchev–Trinajstić information content (AvgIpc) is 2.66. The molecule has 1 atom stereocenters. The molecule has 0 aromatic heterocycles. The van der Waals surface area contributed by atoms with Gasteiger partial charge in [-0.3, -0.25) is 9.36 Å². The van der Waals surface area contributed by atoms with Crippen molar-refractivity contribution in [1.29, 1.82) is 0 Å². The van der Waals surface area contributed by atoms with Crippen LogP contribution in [0.25, 0.3) is 6.08 Å². The van der Waals surface area contributed by atoms with Crippen LogP contribution >= 0.6 is 7.60 Å². The highest BCUT2D eigenvalue weighted by Gasteiger charge is 2.37. The number of carbonyl (C=O) groups is 1. The van der Waals surface area contributed by atoms with Crippen molar-refractivity contribution in [1.82, 2.24) is 5.32 Å². The molecule has 6 heteroatoms. The Labute approximate surface area is 154 Å². The van der Waals surface area contributed by atoms with E-state index in [1.54, 1.807) is 32.1 Å². The summed E-state index contributed by atoms with van der Waals surface area (Å²) in [6.07, 6.45) is 3.11. The molecular formula is C20H24NO4P. The van der Waals surface area contributed by atoms with Gasteiger partial charge in [0.05, 0.1) is 13.2 Å². The zero-order valence-corrected chi connectivity index (χ0v) is 15.9. The summed E-state index contributed by atoms with van der Waals surface area (Å²) in [5, 5.41) is 2.77. The van der Waals surface area contributed by atoms with Gasteiger partial charge in [-0.25, -0.2) is 0 Å². The van der Waals surface area contributed by atoms with Crippen LogP contribution in [0.2, 0.25) is 0 Å². The summed E-state index contributed by atoms with van der Waals surface area (Å²) in [6, 6.07) is 18.5. The predicted octanol–water partition coefficient (Wildman–Crippen LogP) is 4.78. The molecule has 1 N–H and O–H groups in total. The van der Waals surface area contributed by atoms with Crippen molar-refractivity contribution in [2.24, 2.45) is 0 Å². The van der Waals surface area contributed by atoms with E-state index in [1.807, 2.05) is 48.5 Å². The Morgan fingerprint density at radius 2 is 1.54 bits per heavy atom. The van der Waals surface area contributed by atoms with Gasteiger partial charge >= 0.3 is 7.60 Å². The number of nitrogens with one attached hydrogen (secondary N) is 1. The predicted molar refractivity (Wildman–Crippen MR) is 104 cm³/mol. The Morgan fingerprint density at radius 3 is 2.08 bits per heavy atom. The minimum Gasteiger partial charge on any atom is -0.335 e. The van der Waals surface area contributed by atoms with E-state index in [1.165, 1.54) is 6.08 Å². The first-order chi connectivity index (χ1) is 12.6. The van der Waals surface area contributed by atoms with E-state index < -0.39 is 13.4 Å². The fourth-order valence-electron chi connectivity index (χ4n) is 2.45. The minimum atomic E-state index is -3.57. The summed E-state index contributed by atoms with van der Waals surface area (Å²) in [4.78, 5) is 12.4. The molecule has 1 amide bonds. The molecule has 0 saturated heterocycles. The standard InChI is InChI=1S/C20H24NO4P/c1-3-24-26(23,25-4-2)20(18-13-9-6-10-14-18)21-19(22)16-15-17-11-7-5-8-12-17/h5-16,20H,3-4H2,1-2H3,(H,21,22)/b16-15+. The Balaban J connectivity index is 2.25. The third-order valence-electron chi connectivity index (χ3n) is 3.56. The lowest BCUT2D eigenvalue weighted by Crippen LogP contribution is -2.28. The van der Waals surface area contributed by atoms with E-state index in [0.717, 1.165) is 5.56 Å². The molecule has 2 aromatic rings. The molecule has 0 aliphatic rings. The van der Waals surface area contributed by atoms with Gasteiger partial charge < -0.3 is 14.4 Å². The molecule has 5 nitrogen and oxygen atoms in total. The smallest absolute Gasteiger partial charge is 0.335 e. The molecule has 0 aliphatic heterocycles. The lowest BCUT2D eigenvalue weighted by molar-refractivity contribution is -0.116. The summed E-state index contributed by atoms with van der Waals surface area (Å²) >= 11 is 0. The minimum absolute atomic E-state index is 0.219. The number of rotatable bonds is 9. The molecule has 2 rings (SSSR count). The van der Waals surface area contributed by atoms with E-state index in [4.69, 9.17) is 9.05 Å². The first-order valence-corrected chi connectivity index (χ1v) is 10.2. The van der Waals surface area contributed by atoms with Crippen molar-refractivity contribution in [3.05, 3.63) is 77.9 Å². The van der Waals surface area contributed by atoms with Gasteiger partial charge in [0.15, 0.2) is 5.78 Å². The van der Waals surface area contributed by atoms with Crippen LogP contribution in [-0.2, 0) is 18.4 Å². The molecule has 0 bridgehead atoms. The Bertz CT molecular complexity index is 752. The summed E-state index contributed by atoms with van der Waals surface area (Å²) in [7, 11) is -3.57. The van der Waals surface area contributed by atoms with Crippen molar-refractivity contribution in [2.45, 2.75) is 19.6 Å². The molecule has 0 fully saturated rings. The van der Waals surface area contributed by atoms with Gasteiger partial charge in [-0.05, 0) is 31.1 Å². The summed E-state index contributed by atoms with van der Waals surface area (Å²) in [5.74, 6) is -1.25. The molecule has 0 saturated carbocycles. The van der Waals surface area contributed by atoms with Crippen molar-refractivity contribution in [3.63, 3.8) is 0 Å². The highest BCUT2D eigenvalue weighted by Crippen LogP contribution is 2.59. The highest BCUT2D eigenvalue weighted by atomic mass is 31.2. The summed E-state index contributed by atoms with van der Waals surface area (Å²) < 4.78 is 24.1. The van der Waals surface area contributed by atoms with E-state index in [-0.39, 0.29) is 19.1 Å². The normalized spacial score (nSPS) is 12.8. The van der Waals surface area contributed by atoms with Gasteiger partial charge in [0.2, 0.25) is 5.91 Å². The summed E-state index contributed by atoms with van der Waals surface area (Å²) in [5.41, 5.74) is 1.57. The zero-order valence-electron chi connectivity index (χ0n) is 15.0. The quantitative estimate of drug-likeness (QED) is 0.507. The van der Waals surface area contributed by atoms with Gasteiger partial charge in [0.25, 0.3) is 0 Å². The van der Waals surface area contributed by atoms with E-state index >= 15 is 0 Å². The van der Waals surface area contributed by atoms with Crippen LogP contribution in [0.1, 0.15) is 30.8 Å². The van der Waals surface area contributed by atoms with Crippen LogP contribution in [0.4, 0.5) is 0 Å². The Kier molecular flexibility index (Phi) is 7.79. The third kappa shape index (κ3) is 5.67. The average molecular weight is 373 g/mol. The second kappa shape index (κ2) is 10.1. The van der Waals surface area contributed by atoms with Crippen LogP contribution in [0, 0.1) is 0 Å². The monoisotopic (exact) mass is 373 g/mol. The molecule has 0 heterocycles. The molecular weight excluding hydrogens is 349 g/mol.